The third-order valence-corrected chi connectivity index (χ3v) is 5.45. The number of alkyl halides is 2. The number of carbonyl (C=O) groups is 1. The van der Waals surface area contributed by atoms with Crippen molar-refractivity contribution in [2.24, 2.45) is 4.99 Å². The van der Waals surface area contributed by atoms with Crippen LogP contribution in [0.15, 0.2) is 46.4 Å². The predicted octanol–water partition coefficient (Wildman–Crippen LogP) is 5.15. The number of aliphatic imine (C=N–C) groups is 1. The van der Waals surface area contributed by atoms with E-state index in [-0.39, 0.29) is 10.9 Å². The number of benzene rings is 1. The third-order valence-electron chi connectivity index (χ3n) is 3.38. The molecule has 0 saturated carbocycles. The normalized spacial score (nSPS) is 15.9. The molecule has 0 atom stereocenters. The summed E-state index contributed by atoms with van der Waals surface area (Å²) in [5.74, 6) is -0.398. The van der Waals surface area contributed by atoms with Gasteiger partial charge in [-0.25, -0.2) is 13.8 Å². The first kappa shape index (κ1) is 18.9. The minimum Gasteiger partial charge on any atom is -0.495 e. The van der Waals surface area contributed by atoms with Gasteiger partial charge >= 0.3 is 0 Å². The molecule has 9 heteroatoms. The number of thioether (sulfide) groups is 1. The highest BCUT2D eigenvalue weighted by Crippen LogP contribution is 2.34. The molecule has 1 amide bonds. The fourth-order valence-electron chi connectivity index (χ4n) is 2.26. The van der Waals surface area contributed by atoms with Crippen LogP contribution in [0.1, 0.15) is 4.88 Å². The number of rotatable bonds is 5. The van der Waals surface area contributed by atoms with Crippen LogP contribution >= 0.6 is 34.7 Å². The first-order valence-corrected chi connectivity index (χ1v) is 9.66. The summed E-state index contributed by atoms with van der Waals surface area (Å²) in [6.45, 7) is 0. The molecule has 4 nitrogen and oxygen atoms in total. The largest absolute Gasteiger partial charge is 0.495 e. The molecule has 0 aliphatic carbocycles. The van der Waals surface area contributed by atoms with Crippen LogP contribution in [-0.2, 0) is 4.79 Å². The van der Waals surface area contributed by atoms with Gasteiger partial charge in [0, 0.05) is 4.88 Å². The molecule has 1 aromatic carbocycles. The fraction of sp³-hybridized carbons (Fsp3) is 0.176. The first-order valence-electron chi connectivity index (χ1n) is 7.42. The smallest absolute Gasteiger partial charge is 0.283 e. The second kappa shape index (κ2) is 8.20. The van der Waals surface area contributed by atoms with E-state index in [1.807, 2.05) is 17.5 Å². The minimum absolute atomic E-state index is 0.191. The molecule has 2 aromatic rings. The van der Waals surface area contributed by atoms with E-state index in [9.17, 15) is 13.6 Å². The Morgan fingerprint density at radius 1 is 1.42 bits per heavy atom. The maximum Gasteiger partial charge on any atom is 0.283 e. The Morgan fingerprint density at radius 2 is 2.23 bits per heavy atom. The molecule has 1 aliphatic rings. The zero-order chi connectivity index (χ0) is 18.7. The number of halogens is 3. The Morgan fingerprint density at radius 3 is 2.85 bits per heavy atom. The molecule has 1 aliphatic heterocycles. The molecule has 2 heterocycles. The second-order valence-electron chi connectivity index (χ2n) is 5.10. The lowest BCUT2D eigenvalue weighted by molar-refractivity contribution is -0.113. The van der Waals surface area contributed by atoms with Crippen LogP contribution in [0.25, 0.3) is 6.08 Å². The van der Waals surface area contributed by atoms with Crippen LogP contribution in [-0.4, -0.2) is 30.4 Å². The van der Waals surface area contributed by atoms with Crippen molar-refractivity contribution in [1.82, 2.24) is 0 Å². The van der Waals surface area contributed by atoms with Crippen molar-refractivity contribution in [1.29, 1.82) is 0 Å². The van der Waals surface area contributed by atoms with E-state index in [1.165, 1.54) is 23.3 Å². The number of thiophene rings is 1. The summed E-state index contributed by atoms with van der Waals surface area (Å²) in [6, 6.07) is 8.49. The van der Waals surface area contributed by atoms with Gasteiger partial charge in [0.15, 0.2) is 5.17 Å². The highest BCUT2D eigenvalue weighted by atomic mass is 35.5. The van der Waals surface area contributed by atoms with Crippen LogP contribution in [0.4, 0.5) is 14.5 Å². The number of amidine groups is 1. The summed E-state index contributed by atoms with van der Waals surface area (Å²) in [5, 5.41) is 2.38. The summed E-state index contributed by atoms with van der Waals surface area (Å²) in [5.41, 5.74) is 0.632. The van der Waals surface area contributed by atoms with Crippen LogP contribution in [0.2, 0.25) is 5.02 Å². The molecule has 0 spiro atoms. The monoisotopic (exact) mass is 414 g/mol. The Labute approximate surface area is 162 Å². The molecule has 0 saturated heterocycles. The van der Waals surface area contributed by atoms with E-state index >= 15 is 0 Å². The topological polar surface area (TPSA) is 41.9 Å². The number of hydrogen-bond donors (Lipinski definition) is 0. The van der Waals surface area contributed by atoms with Gasteiger partial charge in [-0.3, -0.25) is 9.69 Å². The molecule has 0 N–H and O–H groups in total. The number of ether oxygens (including phenoxy) is 1. The van der Waals surface area contributed by atoms with Crippen molar-refractivity contribution >= 4 is 57.5 Å². The van der Waals surface area contributed by atoms with E-state index in [4.69, 9.17) is 16.3 Å². The van der Waals surface area contributed by atoms with Gasteiger partial charge in [-0.2, -0.15) is 0 Å². The molecule has 3 rings (SSSR count). The van der Waals surface area contributed by atoms with E-state index < -0.39 is 18.1 Å². The van der Waals surface area contributed by atoms with Gasteiger partial charge in [0.1, 0.15) is 11.4 Å². The van der Waals surface area contributed by atoms with Crippen molar-refractivity contribution in [2.75, 3.05) is 17.8 Å². The van der Waals surface area contributed by atoms with Crippen molar-refractivity contribution in [3.63, 3.8) is 0 Å². The first-order chi connectivity index (χ1) is 12.5. The number of anilines is 1. The van der Waals surface area contributed by atoms with Gasteiger partial charge in [0.05, 0.1) is 23.6 Å². The van der Waals surface area contributed by atoms with Crippen LogP contribution in [0, 0.1) is 0 Å². The van der Waals surface area contributed by atoms with E-state index in [1.54, 1.807) is 24.3 Å². The van der Waals surface area contributed by atoms with Crippen molar-refractivity contribution < 1.29 is 18.3 Å². The van der Waals surface area contributed by atoms with Gasteiger partial charge < -0.3 is 4.74 Å². The Bertz CT molecular complexity index is 870. The lowest BCUT2D eigenvalue weighted by Crippen LogP contribution is -2.30. The van der Waals surface area contributed by atoms with Crippen LogP contribution in [0.5, 0.6) is 5.75 Å². The minimum atomic E-state index is -2.51. The summed E-state index contributed by atoms with van der Waals surface area (Å²) in [7, 11) is 1.48. The average molecular weight is 415 g/mol. The highest BCUT2D eigenvalue weighted by Gasteiger charge is 2.33. The van der Waals surface area contributed by atoms with Gasteiger partial charge in [0.2, 0.25) is 6.43 Å². The lowest BCUT2D eigenvalue weighted by Gasteiger charge is -2.18. The van der Waals surface area contributed by atoms with E-state index in [2.05, 4.69) is 4.99 Å². The molecular weight excluding hydrogens is 402 g/mol. The van der Waals surface area contributed by atoms with Crippen molar-refractivity contribution in [3.05, 3.63) is 51.3 Å². The summed E-state index contributed by atoms with van der Waals surface area (Å²) in [6.07, 6.45) is -0.870. The molecule has 0 unspecified atom stereocenters. The van der Waals surface area contributed by atoms with Crippen LogP contribution < -0.4 is 9.64 Å². The highest BCUT2D eigenvalue weighted by molar-refractivity contribution is 8.14. The summed E-state index contributed by atoms with van der Waals surface area (Å²) in [4.78, 5) is 19.2. The molecule has 1 aromatic heterocycles. The van der Waals surface area contributed by atoms with Gasteiger partial charge in [-0.15, -0.1) is 11.3 Å². The third kappa shape index (κ3) is 4.08. The number of methoxy groups -OCH3 is 1. The average Bonchev–Trinajstić information content (AvgIpc) is 3.22. The van der Waals surface area contributed by atoms with E-state index in [0.29, 0.717) is 16.5 Å². The number of nitrogens with zero attached hydrogens (tertiary/aromatic N) is 2. The molecule has 0 bridgehead atoms. The molecule has 0 radical (unpaired) electrons. The molecule has 0 fully saturated rings. The number of carbonyl (C=O) groups excluding carboxylic acids is 1. The molecule has 26 heavy (non-hydrogen) atoms. The Kier molecular flexibility index (Phi) is 5.95. The van der Waals surface area contributed by atoms with Gasteiger partial charge in [-0.1, -0.05) is 29.4 Å². The standard InChI is InChI=1S/C17H13ClF2N2O2S2/c1-24-14-5-4-10(7-12(14)18)22-16(23)13(8-11-3-2-6-25-11)21-17(22)26-9-15(19)20/h2-8,15H,9H2,1H3. The lowest BCUT2D eigenvalue weighted by atomic mass is 10.2. The summed E-state index contributed by atoms with van der Waals surface area (Å²) >= 11 is 8.42. The van der Waals surface area contributed by atoms with Crippen molar-refractivity contribution in [3.8, 4) is 5.75 Å². The predicted molar refractivity (Wildman–Crippen MR) is 104 cm³/mol. The zero-order valence-corrected chi connectivity index (χ0v) is 15.9. The van der Waals surface area contributed by atoms with Crippen LogP contribution in [0.3, 0.4) is 0 Å². The summed E-state index contributed by atoms with van der Waals surface area (Å²) < 4.78 is 30.4. The Hall–Kier alpha value is -1.90. The zero-order valence-electron chi connectivity index (χ0n) is 13.5. The quantitative estimate of drug-likeness (QED) is 0.635. The van der Waals surface area contributed by atoms with Gasteiger partial charge in [0.25, 0.3) is 5.91 Å². The second-order valence-corrected chi connectivity index (χ2v) is 7.47. The molecule has 136 valence electrons. The Balaban J connectivity index is 1.97. The fourth-order valence-corrected chi connectivity index (χ4v) is 3.92. The SMILES string of the molecule is COc1ccc(N2C(=O)C(=Cc3cccs3)N=C2SCC(F)F)cc1Cl. The number of amides is 1. The van der Waals surface area contributed by atoms with Crippen molar-refractivity contribution in [2.45, 2.75) is 6.43 Å². The molecular formula is C17H13ClF2N2O2S2. The maximum atomic E-state index is 12.8. The number of hydrogen-bond acceptors (Lipinski definition) is 5. The van der Waals surface area contributed by atoms with E-state index in [0.717, 1.165) is 16.6 Å². The van der Waals surface area contributed by atoms with Gasteiger partial charge in [-0.05, 0) is 35.7 Å². The maximum absolute atomic E-state index is 12.8.